The molecule has 59 heavy (non-hydrogen) atoms. The lowest BCUT2D eigenvalue weighted by molar-refractivity contribution is 1.01. The third-order valence-corrected chi connectivity index (χ3v) is 11.9. The Balaban J connectivity index is 1.15. The molecule has 0 bridgehead atoms. The van der Waals surface area contributed by atoms with Crippen molar-refractivity contribution in [3.63, 3.8) is 0 Å². The van der Waals surface area contributed by atoms with Crippen LogP contribution in [0.5, 0.6) is 0 Å². The number of aromatic nitrogens is 2. The van der Waals surface area contributed by atoms with Gasteiger partial charge in [0.2, 0.25) is 0 Å². The zero-order valence-corrected chi connectivity index (χ0v) is 32.6. The number of fused-ring (bicyclic) bond motifs is 3. The van der Waals surface area contributed by atoms with Crippen molar-refractivity contribution < 1.29 is 0 Å². The monoisotopic (exact) mass is 752 g/mol. The Kier molecular flexibility index (Phi) is 8.67. The van der Waals surface area contributed by atoms with Gasteiger partial charge in [0.25, 0.3) is 0 Å². The number of imidazole rings is 1. The Labute approximate surface area is 344 Å². The van der Waals surface area contributed by atoms with Crippen molar-refractivity contribution in [2.75, 3.05) is 0 Å². The molecule has 0 saturated heterocycles. The molecule has 0 unspecified atom stereocenters. The molecule has 2 nitrogen and oxygen atoms in total. The van der Waals surface area contributed by atoms with Gasteiger partial charge < -0.3 is 0 Å². The van der Waals surface area contributed by atoms with Crippen molar-refractivity contribution >= 4 is 38.3 Å². The highest BCUT2D eigenvalue weighted by molar-refractivity contribution is 6.24. The largest absolute Gasteiger partial charge is 0.293 e. The molecule has 1 aliphatic carbocycles. The van der Waals surface area contributed by atoms with E-state index in [0.717, 1.165) is 40.8 Å². The molecule has 278 valence electrons. The Morgan fingerprint density at radius 2 is 0.881 bits per heavy atom. The molecule has 9 aromatic carbocycles. The van der Waals surface area contributed by atoms with E-state index in [2.05, 4.69) is 223 Å². The predicted molar refractivity (Wildman–Crippen MR) is 250 cm³/mol. The number of nitrogens with zero attached hydrogens (tertiary/aromatic N) is 2. The van der Waals surface area contributed by atoms with Crippen LogP contribution in [-0.2, 0) is 0 Å². The van der Waals surface area contributed by atoms with Crippen LogP contribution in [0, 0.1) is 0 Å². The Morgan fingerprint density at radius 3 is 1.51 bits per heavy atom. The fourth-order valence-electron chi connectivity index (χ4n) is 9.14. The second-order valence-electron chi connectivity index (χ2n) is 15.3. The van der Waals surface area contributed by atoms with E-state index in [-0.39, 0.29) is 0 Å². The molecule has 0 N–H and O–H groups in total. The minimum Gasteiger partial charge on any atom is -0.293 e. The molecule has 0 amide bonds. The van der Waals surface area contributed by atoms with Gasteiger partial charge in [0, 0.05) is 11.3 Å². The number of rotatable bonds is 7. The van der Waals surface area contributed by atoms with Crippen LogP contribution in [0.2, 0.25) is 0 Å². The van der Waals surface area contributed by atoms with Crippen molar-refractivity contribution in [2.45, 2.75) is 12.8 Å². The zero-order valence-electron chi connectivity index (χ0n) is 32.6. The van der Waals surface area contributed by atoms with Crippen LogP contribution in [-0.4, -0.2) is 9.55 Å². The van der Waals surface area contributed by atoms with E-state index < -0.39 is 0 Å². The van der Waals surface area contributed by atoms with E-state index in [1.165, 1.54) is 77.3 Å². The fraction of sp³-hybridized carbons (Fsp3) is 0.0351. The lowest BCUT2D eigenvalue weighted by Gasteiger charge is -2.22. The molecule has 0 spiro atoms. The van der Waals surface area contributed by atoms with E-state index in [4.69, 9.17) is 4.98 Å². The normalized spacial score (nSPS) is 12.6. The van der Waals surface area contributed by atoms with E-state index in [1.54, 1.807) is 0 Å². The van der Waals surface area contributed by atoms with E-state index >= 15 is 0 Å². The number of allylic oxidation sites excluding steroid dienone is 4. The molecular formula is C57H40N2. The summed E-state index contributed by atoms with van der Waals surface area (Å²) in [5.41, 5.74) is 16.5. The maximum atomic E-state index is 5.16. The van der Waals surface area contributed by atoms with Gasteiger partial charge >= 0.3 is 0 Å². The first-order valence-electron chi connectivity index (χ1n) is 20.5. The number of hydrogen-bond donors (Lipinski definition) is 0. The zero-order chi connectivity index (χ0) is 39.1. The number of hydrogen-bond acceptors (Lipinski definition) is 1. The highest BCUT2D eigenvalue weighted by Gasteiger charge is 2.22. The Morgan fingerprint density at radius 1 is 0.373 bits per heavy atom. The second kappa shape index (κ2) is 14.8. The van der Waals surface area contributed by atoms with E-state index in [9.17, 15) is 0 Å². The standard InChI is InChI=1S/C57H40N2/c1-4-18-40(19-5-1)45-24-10-12-26-47(45)55-49-28-14-15-29-50(49)56(48-27-13-11-25-46(48)41-20-6-2-7-21-41)52-38-43(36-37-51(52)55)39-32-34-42(35-33-39)57-58-53-30-16-17-31-54(53)59(57)44-22-8-3-9-23-44/h1-2,4-8,10-38H,3,9H2. The molecule has 1 heterocycles. The van der Waals surface area contributed by atoms with Crippen LogP contribution in [0.1, 0.15) is 12.8 Å². The highest BCUT2D eigenvalue weighted by atomic mass is 15.1. The van der Waals surface area contributed by atoms with Gasteiger partial charge in [-0.2, -0.15) is 0 Å². The minimum absolute atomic E-state index is 0.960. The molecule has 1 aliphatic rings. The van der Waals surface area contributed by atoms with E-state index in [0.29, 0.717) is 0 Å². The Hall–Kier alpha value is -7.55. The third-order valence-electron chi connectivity index (χ3n) is 11.9. The minimum atomic E-state index is 0.960. The summed E-state index contributed by atoms with van der Waals surface area (Å²) in [5.74, 6) is 0.960. The van der Waals surface area contributed by atoms with Gasteiger partial charge in [0.1, 0.15) is 5.82 Å². The SMILES string of the molecule is C1=CC(n2c(-c3ccc(-c4ccc5c(-c6ccccc6-c6ccccc6)c6ccccc6c(-c6ccccc6-c6ccccc6)c5c4)cc3)nc3ccccc32)=CCC1. The molecule has 0 fully saturated rings. The lowest BCUT2D eigenvalue weighted by Crippen LogP contribution is -2.00. The average Bonchev–Trinajstić information content (AvgIpc) is 3.71. The number of benzene rings is 9. The number of para-hydroxylation sites is 2. The van der Waals surface area contributed by atoms with Crippen molar-refractivity contribution in [1.29, 1.82) is 0 Å². The first-order valence-corrected chi connectivity index (χ1v) is 20.5. The van der Waals surface area contributed by atoms with Crippen molar-refractivity contribution in [3.8, 4) is 67.0 Å². The van der Waals surface area contributed by atoms with Gasteiger partial charge in [-0.15, -0.1) is 0 Å². The van der Waals surface area contributed by atoms with Gasteiger partial charge in [-0.1, -0.05) is 194 Å². The van der Waals surface area contributed by atoms with Gasteiger partial charge in [0.05, 0.1) is 11.0 Å². The van der Waals surface area contributed by atoms with Crippen LogP contribution in [0.25, 0.3) is 105 Å². The Bertz CT molecular complexity index is 3240. The summed E-state index contributed by atoms with van der Waals surface area (Å²) in [6, 6.07) is 72.8. The second-order valence-corrected chi connectivity index (χ2v) is 15.3. The van der Waals surface area contributed by atoms with Crippen LogP contribution < -0.4 is 0 Å². The molecule has 0 atom stereocenters. The summed E-state index contributed by atoms with van der Waals surface area (Å²) in [5, 5.41) is 4.93. The summed E-state index contributed by atoms with van der Waals surface area (Å²) in [4.78, 5) is 5.16. The maximum Gasteiger partial charge on any atom is 0.145 e. The van der Waals surface area contributed by atoms with Crippen molar-refractivity contribution in [2.24, 2.45) is 0 Å². The van der Waals surface area contributed by atoms with Gasteiger partial charge in [-0.3, -0.25) is 4.57 Å². The summed E-state index contributed by atoms with van der Waals surface area (Å²) < 4.78 is 2.31. The summed E-state index contributed by atoms with van der Waals surface area (Å²) in [6.07, 6.45) is 8.92. The average molecular weight is 753 g/mol. The van der Waals surface area contributed by atoms with Crippen molar-refractivity contribution in [1.82, 2.24) is 9.55 Å². The molecule has 0 radical (unpaired) electrons. The molecule has 0 aliphatic heterocycles. The smallest absolute Gasteiger partial charge is 0.145 e. The molecule has 1 aromatic heterocycles. The molecule has 2 heteroatoms. The quantitative estimate of drug-likeness (QED) is 0.148. The lowest BCUT2D eigenvalue weighted by atomic mass is 9.81. The van der Waals surface area contributed by atoms with Crippen LogP contribution >= 0.6 is 0 Å². The molecular weight excluding hydrogens is 713 g/mol. The predicted octanol–water partition coefficient (Wildman–Crippen LogP) is 15.5. The molecule has 0 saturated carbocycles. The maximum absolute atomic E-state index is 5.16. The van der Waals surface area contributed by atoms with E-state index in [1.807, 2.05) is 0 Å². The summed E-state index contributed by atoms with van der Waals surface area (Å²) >= 11 is 0. The van der Waals surface area contributed by atoms with Crippen LogP contribution in [0.3, 0.4) is 0 Å². The third kappa shape index (κ3) is 6.09. The van der Waals surface area contributed by atoms with Crippen molar-refractivity contribution in [3.05, 3.63) is 218 Å². The first kappa shape index (κ1) is 34.7. The molecule has 11 rings (SSSR count). The van der Waals surface area contributed by atoms with Gasteiger partial charge in [0.15, 0.2) is 0 Å². The first-order chi connectivity index (χ1) is 29.3. The summed E-state index contributed by atoms with van der Waals surface area (Å²) in [7, 11) is 0. The van der Waals surface area contributed by atoms with Gasteiger partial charge in [-0.05, 0) is 114 Å². The highest BCUT2D eigenvalue weighted by Crippen LogP contribution is 2.48. The summed E-state index contributed by atoms with van der Waals surface area (Å²) in [6.45, 7) is 0. The topological polar surface area (TPSA) is 17.8 Å². The van der Waals surface area contributed by atoms with Gasteiger partial charge in [-0.25, -0.2) is 4.98 Å². The van der Waals surface area contributed by atoms with Crippen LogP contribution in [0.15, 0.2) is 218 Å². The van der Waals surface area contributed by atoms with Crippen LogP contribution in [0.4, 0.5) is 0 Å². The fourth-order valence-corrected chi connectivity index (χ4v) is 9.14. The molecule has 10 aromatic rings.